The average molecular weight is 431 g/mol. The van der Waals surface area contributed by atoms with E-state index in [-0.39, 0.29) is 11.8 Å². The number of benzene rings is 2. The number of para-hydroxylation sites is 1. The van der Waals surface area contributed by atoms with Crippen molar-refractivity contribution in [3.63, 3.8) is 0 Å². The predicted molar refractivity (Wildman–Crippen MR) is 123 cm³/mol. The summed E-state index contributed by atoms with van der Waals surface area (Å²) >= 11 is 1.62. The molecule has 1 aliphatic rings. The average Bonchev–Trinajstić information content (AvgIpc) is 3.20. The lowest BCUT2D eigenvalue weighted by molar-refractivity contribution is -0.132. The lowest BCUT2D eigenvalue weighted by Gasteiger charge is -2.29. The molecular weight excluding hydrogens is 408 g/mol. The number of anilines is 2. The molecule has 2 aromatic carbocycles. The second kappa shape index (κ2) is 8.35. The van der Waals surface area contributed by atoms with Gasteiger partial charge < -0.3 is 15.0 Å². The normalized spacial score (nSPS) is 16.5. The van der Waals surface area contributed by atoms with Crippen LogP contribution in [-0.4, -0.2) is 34.4 Å². The maximum absolute atomic E-state index is 12.1. The second-order valence-corrected chi connectivity index (χ2v) is 8.67. The number of ether oxygens (including phenoxy) is 1. The van der Waals surface area contributed by atoms with E-state index in [0.717, 1.165) is 39.6 Å². The fourth-order valence-electron chi connectivity index (χ4n) is 3.77. The molecule has 0 saturated carbocycles. The third-order valence-electron chi connectivity index (χ3n) is 5.51. The number of fused-ring (bicyclic) bond motifs is 1. The molecule has 0 radical (unpaired) electrons. The monoisotopic (exact) mass is 430 g/mol. The first-order valence-electron chi connectivity index (χ1n) is 10.2. The molecule has 1 N–H and O–H groups in total. The van der Waals surface area contributed by atoms with Crippen LogP contribution in [0.1, 0.15) is 24.3 Å². The van der Waals surface area contributed by atoms with E-state index >= 15 is 0 Å². The summed E-state index contributed by atoms with van der Waals surface area (Å²) in [5.41, 5.74) is 2.92. The van der Waals surface area contributed by atoms with Crippen LogP contribution >= 0.6 is 11.3 Å². The van der Waals surface area contributed by atoms with E-state index < -0.39 is 0 Å². The summed E-state index contributed by atoms with van der Waals surface area (Å²) in [6.07, 6.45) is 3.12. The zero-order valence-corrected chi connectivity index (χ0v) is 17.9. The van der Waals surface area contributed by atoms with Gasteiger partial charge in [-0.3, -0.25) is 4.79 Å². The van der Waals surface area contributed by atoms with Crippen LogP contribution in [0, 0.1) is 0 Å². The highest BCUT2D eigenvalue weighted by Gasteiger charge is 2.27. The Hall–Kier alpha value is -3.45. The summed E-state index contributed by atoms with van der Waals surface area (Å²) in [5.74, 6) is 1.56. The van der Waals surface area contributed by atoms with Gasteiger partial charge in [0.1, 0.15) is 5.75 Å². The maximum Gasteiger partial charge on any atom is 0.222 e. The molecule has 0 spiro atoms. The van der Waals surface area contributed by atoms with Gasteiger partial charge in [0.25, 0.3) is 0 Å². The molecule has 1 unspecified atom stereocenters. The van der Waals surface area contributed by atoms with E-state index in [1.165, 1.54) is 0 Å². The van der Waals surface area contributed by atoms with Crippen LogP contribution in [0.25, 0.3) is 10.2 Å². The van der Waals surface area contributed by atoms with Gasteiger partial charge in [0, 0.05) is 37.5 Å². The zero-order valence-electron chi connectivity index (χ0n) is 17.1. The van der Waals surface area contributed by atoms with E-state index in [9.17, 15) is 4.79 Å². The van der Waals surface area contributed by atoms with Gasteiger partial charge in [-0.1, -0.05) is 29.5 Å². The summed E-state index contributed by atoms with van der Waals surface area (Å²) in [6, 6.07) is 19.7. The smallest absolute Gasteiger partial charge is 0.222 e. The van der Waals surface area contributed by atoms with Gasteiger partial charge in [-0.05, 0) is 54.8 Å². The number of carbonyl (C=O) groups is 1. The van der Waals surface area contributed by atoms with Crippen molar-refractivity contribution in [1.82, 2.24) is 14.9 Å². The van der Waals surface area contributed by atoms with Crippen LogP contribution in [0.15, 0.2) is 66.9 Å². The molecular formula is C24H22N4O2S. The van der Waals surface area contributed by atoms with Gasteiger partial charge in [0.2, 0.25) is 11.8 Å². The van der Waals surface area contributed by atoms with E-state index in [1.54, 1.807) is 22.4 Å². The summed E-state index contributed by atoms with van der Waals surface area (Å²) in [6.45, 7) is 0.754. The van der Waals surface area contributed by atoms with E-state index in [2.05, 4.69) is 21.4 Å². The minimum Gasteiger partial charge on any atom is -0.439 e. The third-order valence-corrected chi connectivity index (χ3v) is 6.47. The molecule has 7 heteroatoms. The fourth-order valence-corrected chi connectivity index (χ4v) is 4.66. The molecule has 2 aromatic heterocycles. The van der Waals surface area contributed by atoms with Gasteiger partial charge >= 0.3 is 0 Å². The summed E-state index contributed by atoms with van der Waals surface area (Å²) < 4.78 is 7.25. The first-order chi connectivity index (χ1) is 15.2. The SMILES string of the molecule is CN1CCC(c2cccnc2Oc2ccc(Nc3nc4ccccc4s3)cc2)CC1=O. The minimum absolute atomic E-state index is 0.132. The zero-order chi connectivity index (χ0) is 21.2. The molecule has 31 heavy (non-hydrogen) atoms. The van der Waals surface area contributed by atoms with Crippen molar-refractivity contribution >= 4 is 38.3 Å². The van der Waals surface area contributed by atoms with Crippen molar-refractivity contribution in [2.45, 2.75) is 18.8 Å². The number of nitrogens with one attached hydrogen (secondary N) is 1. The molecule has 3 heterocycles. The van der Waals surface area contributed by atoms with E-state index in [4.69, 9.17) is 4.74 Å². The van der Waals surface area contributed by atoms with Gasteiger partial charge in [0.05, 0.1) is 10.2 Å². The highest BCUT2D eigenvalue weighted by atomic mass is 32.1. The lowest BCUT2D eigenvalue weighted by atomic mass is 9.90. The number of hydrogen-bond acceptors (Lipinski definition) is 6. The first-order valence-corrected chi connectivity index (χ1v) is 11.1. The number of likely N-dealkylation sites (tertiary alicyclic amines) is 1. The standard InChI is InChI=1S/C24H22N4O2S/c1-28-14-12-16(15-22(28)29)19-5-4-13-25-23(19)30-18-10-8-17(9-11-18)26-24-27-20-6-2-3-7-21(20)31-24/h2-11,13,16H,12,14-15H2,1H3,(H,26,27). The van der Waals surface area contributed by atoms with Crippen LogP contribution in [0.3, 0.4) is 0 Å². The number of rotatable bonds is 5. The fraction of sp³-hybridized carbons (Fsp3) is 0.208. The molecule has 5 rings (SSSR count). The molecule has 1 amide bonds. The molecule has 1 aliphatic heterocycles. The van der Waals surface area contributed by atoms with Crippen molar-refractivity contribution in [1.29, 1.82) is 0 Å². The number of thiazole rings is 1. The first kappa shape index (κ1) is 19.5. The molecule has 1 atom stereocenters. The highest BCUT2D eigenvalue weighted by molar-refractivity contribution is 7.22. The number of amides is 1. The molecule has 1 saturated heterocycles. The maximum atomic E-state index is 12.1. The molecule has 0 bridgehead atoms. The number of carbonyl (C=O) groups excluding carboxylic acids is 1. The number of pyridine rings is 1. The Morgan fingerprint density at radius 3 is 2.74 bits per heavy atom. The summed E-state index contributed by atoms with van der Waals surface area (Å²) in [4.78, 5) is 23.0. The van der Waals surface area contributed by atoms with E-state index in [0.29, 0.717) is 18.1 Å². The van der Waals surface area contributed by atoms with Crippen molar-refractivity contribution in [2.24, 2.45) is 0 Å². The number of piperidine rings is 1. The Bertz CT molecular complexity index is 1190. The topological polar surface area (TPSA) is 67.3 Å². The summed E-state index contributed by atoms with van der Waals surface area (Å²) in [7, 11) is 1.85. The van der Waals surface area contributed by atoms with Crippen molar-refractivity contribution in [2.75, 3.05) is 18.9 Å². The third kappa shape index (κ3) is 4.22. The largest absolute Gasteiger partial charge is 0.439 e. The van der Waals surface area contributed by atoms with Crippen molar-refractivity contribution in [3.05, 3.63) is 72.4 Å². The lowest BCUT2D eigenvalue weighted by Crippen LogP contribution is -2.34. The Morgan fingerprint density at radius 1 is 1.10 bits per heavy atom. The predicted octanol–water partition coefficient (Wildman–Crippen LogP) is 5.56. The number of hydrogen-bond donors (Lipinski definition) is 1. The van der Waals surface area contributed by atoms with Gasteiger partial charge in [0.15, 0.2) is 5.13 Å². The number of nitrogens with zero attached hydrogens (tertiary/aromatic N) is 3. The number of aromatic nitrogens is 2. The van der Waals surface area contributed by atoms with Crippen LogP contribution in [0.5, 0.6) is 11.6 Å². The molecule has 4 aromatic rings. The van der Waals surface area contributed by atoms with Crippen LogP contribution in [0.2, 0.25) is 0 Å². The Balaban J connectivity index is 1.30. The quantitative estimate of drug-likeness (QED) is 0.449. The highest BCUT2D eigenvalue weighted by Crippen LogP contribution is 2.35. The molecule has 6 nitrogen and oxygen atoms in total. The minimum atomic E-state index is 0.132. The van der Waals surface area contributed by atoms with Gasteiger partial charge in [-0.15, -0.1) is 0 Å². The van der Waals surface area contributed by atoms with Crippen molar-refractivity contribution in [3.8, 4) is 11.6 Å². The van der Waals surface area contributed by atoms with E-state index in [1.807, 2.05) is 61.6 Å². The Kier molecular flexibility index (Phi) is 5.26. The van der Waals surface area contributed by atoms with Crippen LogP contribution in [0.4, 0.5) is 10.8 Å². The molecule has 1 fully saturated rings. The summed E-state index contributed by atoms with van der Waals surface area (Å²) in [5, 5.41) is 4.21. The van der Waals surface area contributed by atoms with Gasteiger partial charge in [-0.2, -0.15) is 0 Å². The second-order valence-electron chi connectivity index (χ2n) is 7.64. The van der Waals surface area contributed by atoms with Crippen LogP contribution < -0.4 is 10.1 Å². The Labute approximate surface area is 184 Å². The molecule has 0 aliphatic carbocycles. The molecule has 156 valence electrons. The van der Waals surface area contributed by atoms with Crippen molar-refractivity contribution < 1.29 is 9.53 Å². The Morgan fingerprint density at radius 2 is 1.94 bits per heavy atom. The van der Waals surface area contributed by atoms with Gasteiger partial charge in [-0.25, -0.2) is 9.97 Å². The van der Waals surface area contributed by atoms with Crippen LogP contribution in [-0.2, 0) is 4.79 Å².